The first kappa shape index (κ1) is 16.5. The molecule has 3 aromatic rings. The Morgan fingerprint density at radius 1 is 1.33 bits per heavy atom. The van der Waals surface area contributed by atoms with Gasteiger partial charge in [-0.05, 0) is 30.9 Å². The normalized spacial score (nSPS) is 18.0. The Morgan fingerprint density at radius 3 is 3.15 bits per heavy atom. The van der Waals surface area contributed by atoms with Gasteiger partial charge in [0.05, 0.1) is 24.4 Å². The zero-order chi connectivity index (χ0) is 18.4. The average Bonchev–Trinajstić information content (AvgIpc) is 3.25. The lowest BCUT2D eigenvalue weighted by Crippen LogP contribution is -2.36. The minimum Gasteiger partial charge on any atom is -0.493 e. The van der Waals surface area contributed by atoms with Crippen LogP contribution in [0, 0.1) is 0 Å². The molecule has 6 nitrogen and oxygen atoms in total. The van der Waals surface area contributed by atoms with Crippen molar-refractivity contribution in [2.24, 2.45) is 0 Å². The van der Waals surface area contributed by atoms with Crippen LogP contribution < -0.4 is 15.6 Å². The van der Waals surface area contributed by atoms with Gasteiger partial charge in [0.2, 0.25) is 5.91 Å². The number of aromatic nitrogens is 2. The van der Waals surface area contributed by atoms with Gasteiger partial charge in [0, 0.05) is 16.9 Å². The van der Waals surface area contributed by atoms with Crippen LogP contribution >= 0.6 is 11.3 Å². The number of fused-ring (bicyclic) bond motifs is 4. The van der Waals surface area contributed by atoms with Crippen molar-refractivity contribution in [2.45, 2.75) is 38.3 Å². The van der Waals surface area contributed by atoms with Crippen molar-refractivity contribution < 1.29 is 9.53 Å². The Kier molecular flexibility index (Phi) is 3.97. The van der Waals surface area contributed by atoms with E-state index in [0.717, 1.165) is 41.0 Å². The highest BCUT2D eigenvalue weighted by Crippen LogP contribution is 2.34. The van der Waals surface area contributed by atoms with E-state index in [1.54, 1.807) is 11.3 Å². The molecule has 1 N–H and O–H groups in total. The maximum Gasteiger partial charge on any atom is 0.262 e. The van der Waals surface area contributed by atoms with Crippen LogP contribution in [0.25, 0.3) is 10.2 Å². The van der Waals surface area contributed by atoms with Gasteiger partial charge in [0.25, 0.3) is 5.56 Å². The van der Waals surface area contributed by atoms with Crippen molar-refractivity contribution in [2.75, 3.05) is 6.61 Å². The predicted molar refractivity (Wildman–Crippen MR) is 103 cm³/mol. The molecule has 0 radical (unpaired) electrons. The molecule has 2 aliphatic rings. The van der Waals surface area contributed by atoms with Gasteiger partial charge in [-0.25, -0.2) is 4.98 Å². The maximum atomic E-state index is 12.9. The minimum absolute atomic E-state index is 0.0219. The van der Waals surface area contributed by atoms with E-state index in [1.807, 2.05) is 24.3 Å². The highest BCUT2D eigenvalue weighted by atomic mass is 32.1. The fourth-order valence-electron chi connectivity index (χ4n) is 4.02. The van der Waals surface area contributed by atoms with Crippen LogP contribution in [0.4, 0.5) is 0 Å². The summed E-state index contributed by atoms with van der Waals surface area (Å²) < 4.78 is 7.06. The molecule has 1 aliphatic heterocycles. The van der Waals surface area contributed by atoms with E-state index in [2.05, 4.69) is 10.3 Å². The molecule has 0 saturated heterocycles. The quantitative estimate of drug-likeness (QED) is 0.757. The third-order valence-corrected chi connectivity index (χ3v) is 6.50. The number of amides is 1. The molecule has 2 aromatic heterocycles. The lowest BCUT2D eigenvalue weighted by atomic mass is 10.0. The number of rotatable bonds is 3. The first-order chi connectivity index (χ1) is 13.2. The van der Waals surface area contributed by atoms with Crippen LogP contribution in [-0.4, -0.2) is 22.1 Å². The number of ether oxygens (including phenoxy) is 1. The van der Waals surface area contributed by atoms with Crippen molar-refractivity contribution in [1.82, 2.24) is 14.9 Å². The number of carbonyl (C=O) groups excluding carboxylic acids is 1. The molecule has 27 heavy (non-hydrogen) atoms. The highest BCUT2D eigenvalue weighted by Gasteiger charge is 2.24. The number of aryl methyl sites for hydroxylation is 2. The van der Waals surface area contributed by atoms with Crippen molar-refractivity contribution >= 4 is 27.5 Å². The van der Waals surface area contributed by atoms with Gasteiger partial charge in [0.15, 0.2) is 0 Å². The van der Waals surface area contributed by atoms with Crippen LogP contribution in [0.2, 0.25) is 0 Å². The number of nitrogens with one attached hydrogen (secondary N) is 1. The molecular formula is C20H19N3O3S. The largest absolute Gasteiger partial charge is 0.493 e. The van der Waals surface area contributed by atoms with Crippen molar-refractivity contribution in [3.05, 3.63) is 57.0 Å². The summed E-state index contributed by atoms with van der Waals surface area (Å²) in [7, 11) is 0. The van der Waals surface area contributed by atoms with Gasteiger partial charge in [-0.3, -0.25) is 14.2 Å². The van der Waals surface area contributed by atoms with Crippen molar-refractivity contribution in [3.8, 4) is 5.75 Å². The van der Waals surface area contributed by atoms with Gasteiger partial charge in [-0.15, -0.1) is 11.3 Å². The monoisotopic (exact) mass is 381 g/mol. The second-order valence-corrected chi connectivity index (χ2v) is 8.09. The fraction of sp³-hybridized carbons (Fsp3) is 0.350. The summed E-state index contributed by atoms with van der Waals surface area (Å²) in [6, 6.07) is 7.64. The Hall–Kier alpha value is -2.67. The highest BCUT2D eigenvalue weighted by molar-refractivity contribution is 7.18. The Labute approximate surface area is 159 Å². The van der Waals surface area contributed by atoms with E-state index in [1.165, 1.54) is 15.8 Å². The van der Waals surface area contributed by atoms with Crippen LogP contribution in [0.5, 0.6) is 5.75 Å². The maximum absolute atomic E-state index is 12.9. The van der Waals surface area contributed by atoms with Crippen LogP contribution in [-0.2, 0) is 24.2 Å². The summed E-state index contributed by atoms with van der Waals surface area (Å²) in [6.07, 6.45) is 5.26. The van der Waals surface area contributed by atoms with Gasteiger partial charge in [-0.2, -0.15) is 0 Å². The molecule has 0 fully saturated rings. The molecule has 1 unspecified atom stereocenters. The second-order valence-electron chi connectivity index (χ2n) is 7.01. The van der Waals surface area contributed by atoms with Gasteiger partial charge < -0.3 is 10.1 Å². The molecule has 5 rings (SSSR count). The smallest absolute Gasteiger partial charge is 0.262 e. The van der Waals surface area contributed by atoms with Gasteiger partial charge in [-0.1, -0.05) is 18.2 Å². The third kappa shape index (κ3) is 2.82. The summed E-state index contributed by atoms with van der Waals surface area (Å²) in [6.45, 7) is 0.544. The van der Waals surface area contributed by atoms with Crippen molar-refractivity contribution in [3.63, 3.8) is 0 Å². The van der Waals surface area contributed by atoms with Crippen molar-refractivity contribution in [1.29, 1.82) is 0 Å². The molecule has 138 valence electrons. The first-order valence-electron chi connectivity index (χ1n) is 9.21. The molecule has 1 atom stereocenters. The predicted octanol–water partition coefficient (Wildman–Crippen LogP) is 2.59. The van der Waals surface area contributed by atoms with Crippen LogP contribution in [0.3, 0.4) is 0 Å². The Balaban J connectivity index is 1.39. The van der Waals surface area contributed by atoms with E-state index in [9.17, 15) is 9.59 Å². The molecule has 0 saturated carbocycles. The van der Waals surface area contributed by atoms with E-state index in [4.69, 9.17) is 4.74 Å². The molecule has 7 heteroatoms. The number of hydrogen-bond donors (Lipinski definition) is 1. The zero-order valence-corrected chi connectivity index (χ0v) is 15.6. The summed E-state index contributed by atoms with van der Waals surface area (Å²) in [5.41, 5.74) is 2.01. The van der Waals surface area contributed by atoms with E-state index >= 15 is 0 Å². The number of hydrogen-bond acceptors (Lipinski definition) is 5. The standard InChI is InChI=1S/C20H19N3O3S/c24-17(22-14-8-9-26-15-6-2-1-4-12(14)15)10-23-11-21-19-18(20(23)25)13-5-3-7-16(13)27-19/h1-2,4,6,11,14H,3,5,7-10H2,(H,22,24). The topological polar surface area (TPSA) is 73.2 Å². The van der Waals surface area contributed by atoms with Crippen LogP contribution in [0.1, 0.15) is 34.9 Å². The molecule has 0 bridgehead atoms. The van der Waals surface area contributed by atoms with Gasteiger partial charge >= 0.3 is 0 Å². The van der Waals surface area contributed by atoms with E-state index < -0.39 is 0 Å². The Morgan fingerprint density at radius 2 is 2.22 bits per heavy atom. The minimum atomic E-state index is -0.188. The number of para-hydroxylation sites is 1. The third-order valence-electron chi connectivity index (χ3n) is 5.30. The lowest BCUT2D eigenvalue weighted by Gasteiger charge is -2.26. The summed E-state index contributed by atoms with van der Waals surface area (Å²) in [5, 5.41) is 3.75. The molecule has 1 aromatic carbocycles. The molecule has 0 spiro atoms. The molecule has 1 amide bonds. The van der Waals surface area contributed by atoms with Gasteiger partial charge in [0.1, 0.15) is 17.1 Å². The first-order valence-corrected chi connectivity index (χ1v) is 10.0. The summed E-state index contributed by atoms with van der Waals surface area (Å²) in [5.74, 6) is 0.620. The average molecular weight is 381 g/mol. The SMILES string of the molecule is O=C(Cn1cnc2sc3c(c2c1=O)CCC3)NC1CCOc2ccccc21. The number of carbonyl (C=O) groups is 1. The second kappa shape index (κ2) is 6.49. The van der Waals surface area contributed by atoms with E-state index in [-0.39, 0.29) is 24.1 Å². The molecular weight excluding hydrogens is 362 g/mol. The lowest BCUT2D eigenvalue weighted by molar-refractivity contribution is -0.122. The van der Waals surface area contributed by atoms with Crippen LogP contribution in [0.15, 0.2) is 35.4 Å². The Bertz CT molecular complexity index is 1100. The van der Waals surface area contributed by atoms with E-state index in [0.29, 0.717) is 18.4 Å². The number of thiophene rings is 1. The number of nitrogens with zero attached hydrogens (tertiary/aromatic N) is 2. The molecule has 3 heterocycles. The zero-order valence-electron chi connectivity index (χ0n) is 14.7. The summed E-state index contributed by atoms with van der Waals surface area (Å²) in [4.78, 5) is 32.0. The molecule has 1 aliphatic carbocycles. The number of benzene rings is 1. The fourth-order valence-corrected chi connectivity index (χ4v) is 5.24. The summed E-state index contributed by atoms with van der Waals surface area (Å²) >= 11 is 1.61.